The van der Waals surface area contributed by atoms with Crippen LogP contribution in [0.15, 0.2) is 41.4 Å². The molecular formula is C21H26ClN5O. The Morgan fingerprint density at radius 2 is 1.89 bits per heavy atom. The van der Waals surface area contributed by atoms with Crippen molar-refractivity contribution in [2.24, 2.45) is 16.5 Å². The van der Waals surface area contributed by atoms with E-state index in [0.717, 1.165) is 24.1 Å². The number of rotatable bonds is 7. The third-order valence-corrected chi connectivity index (χ3v) is 5.37. The van der Waals surface area contributed by atoms with Crippen molar-refractivity contribution in [2.75, 3.05) is 6.54 Å². The summed E-state index contributed by atoms with van der Waals surface area (Å²) in [4.78, 5) is 23.3. The molecule has 28 heavy (non-hydrogen) atoms. The average molecular weight is 400 g/mol. The van der Waals surface area contributed by atoms with Crippen LogP contribution in [0, 0.1) is 6.92 Å². The molecular weight excluding hydrogens is 374 g/mol. The van der Waals surface area contributed by atoms with Crippen molar-refractivity contribution in [3.63, 3.8) is 0 Å². The van der Waals surface area contributed by atoms with E-state index in [1.807, 2.05) is 36.1 Å². The lowest BCUT2D eigenvalue weighted by Gasteiger charge is -2.29. The van der Waals surface area contributed by atoms with E-state index in [0.29, 0.717) is 31.1 Å². The first-order valence-electron chi connectivity index (χ1n) is 9.47. The molecule has 3 rings (SSSR count). The highest BCUT2D eigenvalue weighted by molar-refractivity contribution is 6.30. The lowest BCUT2D eigenvalue weighted by Crippen LogP contribution is -2.40. The summed E-state index contributed by atoms with van der Waals surface area (Å²) in [5.74, 6) is 0.133. The fraction of sp³-hybridized carbons (Fsp3) is 0.381. The summed E-state index contributed by atoms with van der Waals surface area (Å²) in [5.41, 5.74) is 15.0. The second-order valence-electron chi connectivity index (χ2n) is 7.17. The zero-order valence-corrected chi connectivity index (χ0v) is 16.8. The lowest BCUT2D eigenvalue weighted by molar-refractivity contribution is -0.134. The van der Waals surface area contributed by atoms with Crippen LogP contribution in [0.3, 0.4) is 0 Å². The van der Waals surface area contributed by atoms with Crippen LogP contribution in [-0.4, -0.2) is 34.3 Å². The fourth-order valence-electron chi connectivity index (χ4n) is 3.61. The second-order valence-corrected chi connectivity index (χ2v) is 7.52. The summed E-state index contributed by atoms with van der Waals surface area (Å²) >= 11 is 6.34. The van der Waals surface area contributed by atoms with Gasteiger partial charge in [0.1, 0.15) is 5.15 Å². The first-order valence-corrected chi connectivity index (χ1v) is 9.85. The van der Waals surface area contributed by atoms with Crippen molar-refractivity contribution >= 4 is 23.5 Å². The van der Waals surface area contributed by atoms with Crippen molar-refractivity contribution in [1.29, 1.82) is 0 Å². The van der Waals surface area contributed by atoms with E-state index < -0.39 is 0 Å². The molecule has 0 unspecified atom stereocenters. The number of halogens is 1. The van der Waals surface area contributed by atoms with Crippen molar-refractivity contribution in [3.05, 3.63) is 63.9 Å². The summed E-state index contributed by atoms with van der Waals surface area (Å²) in [5, 5.41) is 0.453. The number of hydrogen-bond donors (Lipinski definition) is 2. The van der Waals surface area contributed by atoms with Gasteiger partial charge in [-0.2, -0.15) is 0 Å². The molecule has 4 N–H and O–H groups in total. The number of aromatic nitrogens is 1. The molecule has 2 aromatic rings. The Morgan fingerprint density at radius 3 is 2.50 bits per heavy atom. The maximum Gasteiger partial charge on any atom is 0.223 e. The molecule has 0 saturated heterocycles. The first-order chi connectivity index (χ1) is 13.4. The van der Waals surface area contributed by atoms with Gasteiger partial charge in [-0.1, -0.05) is 41.9 Å². The molecule has 1 amide bonds. The van der Waals surface area contributed by atoms with Crippen LogP contribution in [0.25, 0.3) is 0 Å². The normalized spacial score (nSPS) is 13.2. The number of guanidine groups is 1. The number of aliphatic imine (C=N–C) groups is 1. The van der Waals surface area contributed by atoms with Gasteiger partial charge in [0.05, 0.1) is 0 Å². The van der Waals surface area contributed by atoms with E-state index in [1.54, 1.807) is 0 Å². The first kappa shape index (κ1) is 20.1. The molecule has 1 aromatic carbocycles. The number of hydrogen-bond acceptors (Lipinski definition) is 3. The second kappa shape index (κ2) is 9.06. The van der Waals surface area contributed by atoms with Crippen LogP contribution in [0.2, 0.25) is 5.15 Å². The van der Waals surface area contributed by atoms with E-state index in [2.05, 4.69) is 22.1 Å². The van der Waals surface area contributed by atoms with Gasteiger partial charge in [-0.25, -0.2) is 4.98 Å². The minimum atomic E-state index is 0.0491. The Bertz CT molecular complexity index is 854. The van der Waals surface area contributed by atoms with Crippen LogP contribution in [0.1, 0.15) is 35.2 Å². The van der Waals surface area contributed by atoms with Gasteiger partial charge in [0.25, 0.3) is 0 Å². The maximum absolute atomic E-state index is 13.1. The average Bonchev–Trinajstić information content (AvgIpc) is 3.08. The minimum absolute atomic E-state index is 0.0491. The highest BCUT2D eigenvalue weighted by Crippen LogP contribution is 2.28. The molecule has 0 aliphatic heterocycles. The van der Waals surface area contributed by atoms with Crippen LogP contribution >= 0.6 is 11.6 Å². The summed E-state index contributed by atoms with van der Waals surface area (Å²) < 4.78 is 0. The predicted molar refractivity (Wildman–Crippen MR) is 112 cm³/mol. The van der Waals surface area contributed by atoms with Gasteiger partial charge in [0.2, 0.25) is 5.91 Å². The number of carbonyl (C=O) groups is 1. The maximum atomic E-state index is 13.1. The minimum Gasteiger partial charge on any atom is -0.370 e. The topological polar surface area (TPSA) is 97.6 Å². The Balaban J connectivity index is 1.76. The highest BCUT2D eigenvalue weighted by atomic mass is 35.5. The fourth-order valence-corrected chi connectivity index (χ4v) is 3.87. The number of nitrogens with two attached hydrogens (primary N) is 2. The van der Waals surface area contributed by atoms with Crippen molar-refractivity contribution < 1.29 is 4.79 Å². The van der Waals surface area contributed by atoms with E-state index in [-0.39, 0.29) is 17.9 Å². The summed E-state index contributed by atoms with van der Waals surface area (Å²) in [6, 6.07) is 12.4. The van der Waals surface area contributed by atoms with E-state index in [1.165, 1.54) is 11.1 Å². The van der Waals surface area contributed by atoms with Crippen LogP contribution < -0.4 is 11.5 Å². The number of carbonyl (C=O) groups excluding carboxylic acids is 1. The standard InChI is InChI=1S/C21H26ClN5O/c1-14-8-9-17(20(22)26-14)13-27(19(28)7-4-10-25-21(23)24)18-11-15-5-2-3-6-16(15)12-18/h2-3,5-6,8-9,18H,4,7,10-13H2,1H3,(H4,23,24,25). The number of nitrogens with zero attached hydrogens (tertiary/aromatic N) is 3. The molecule has 1 aromatic heterocycles. The summed E-state index contributed by atoms with van der Waals surface area (Å²) in [6.07, 6.45) is 2.70. The number of aryl methyl sites for hydroxylation is 1. The number of pyridine rings is 1. The molecule has 6 nitrogen and oxygen atoms in total. The lowest BCUT2D eigenvalue weighted by atomic mass is 10.1. The van der Waals surface area contributed by atoms with Gasteiger partial charge in [0, 0.05) is 36.8 Å². The van der Waals surface area contributed by atoms with Gasteiger partial charge in [0.15, 0.2) is 5.96 Å². The van der Waals surface area contributed by atoms with Crippen molar-refractivity contribution in [3.8, 4) is 0 Å². The third-order valence-electron chi connectivity index (χ3n) is 5.04. The number of amides is 1. The Hall–Kier alpha value is -2.60. The monoisotopic (exact) mass is 399 g/mol. The Morgan fingerprint density at radius 1 is 1.21 bits per heavy atom. The summed E-state index contributed by atoms with van der Waals surface area (Å²) in [6.45, 7) is 2.79. The molecule has 0 fully saturated rings. The molecule has 1 aliphatic rings. The SMILES string of the molecule is Cc1ccc(CN(C(=O)CCCN=C(N)N)C2Cc3ccccc3C2)c(Cl)n1. The quantitative estimate of drug-likeness (QED) is 0.323. The summed E-state index contributed by atoms with van der Waals surface area (Å²) in [7, 11) is 0. The number of fused-ring (bicyclic) bond motifs is 1. The Kier molecular flexibility index (Phi) is 6.52. The molecule has 0 saturated carbocycles. The third kappa shape index (κ3) is 5.01. The van der Waals surface area contributed by atoms with Gasteiger partial charge >= 0.3 is 0 Å². The van der Waals surface area contributed by atoms with Gasteiger partial charge < -0.3 is 16.4 Å². The zero-order valence-electron chi connectivity index (χ0n) is 16.1. The molecule has 0 spiro atoms. The number of benzene rings is 1. The van der Waals surface area contributed by atoms with E-state index in [9.17, 15) is 4.79 Å². The predicted octanol–water partition coefficient (Wildman–Crippen LogP) is 2.59. The Labute approximate surface area is 170 Å². The molecule has 0 atom stereocenters. The molecule has 1 heterocycles. The van der Waals surface area contributed by atoms with Crippen molar-refractivity contribution in [2.45, 2.75) is 45.2 Å². The van der Waals surface area contributed by atoms with Gasteiger partial charge in [-0.15, -0.1) is 0 Å². The highest BCUT2D eigenvalue weighted by Gasteiger charge is 2.30. The molecule has 0 radical (unpaired) electrons. The van der Waals surface area contributed by atoms with E-state index in [4.69, 9.17) is 23.1 Å². The molecule has 7 heteroatoms. The van der Waals surface area contributed by atoms with Crippen LogP contribution in [-0.2, 0) is 24.2 Å². The van der Waals surface area contributed by atoms with E-state index >= 15 is 0 Å². The molecule has 1 aliphatic carbocycles. The zero-order chi connectivity index (χ0) is 20.1. The smallest absolute Gasteiger partial charge is 0.223 e. The molecule has 148 valence electrons. The molecule has 0 bridgehead atoms. The van der Waals surface area contributed by atoms with Crippen LogP contribution in [0.4, 0.5) is 0 Å². The van der Waals surface area contributed by atoms with Crippen molar-refractivity contribution in [1.82, 2.24) is 9.88 Å². The van der Waals surface area contributed by atoms with Gasteiger partial charge in [-0.3, -0.25) is 9.79 Å². The van der Waals surface area contributed by atoms with Crippen LogP contribution in [0.5, 0.6) is 0 Å². The van der Waals surface area contributed by atoms with Gasteiger partial charge in [-0.05, 0) is 43.4 Å². The largest absolute Gasteiger partial charge is 0.370 e.